The summed E-state index contributed by atoms with van der Waals surface area (Å²) < 4.78 is 0. The number of thiophene rings is 1. The summed E-state index contributed by atoms with van der Waals surface area (Å²) in [6.07, 6.45) is 2.61. The van der Waals surface area contributed by atoms with Crippen LogP contribution in [-0.2, 0) is 6.42 Å². The molecule has 15 heavy (non-hydrogen) atoms. The number of nitrogens with two attached hydrogens (primary N) is 1. The summed E-state index contributed by atoms with van der Waals surface area (Å²) in [6.45, 7) is 2.10. The van der Waals surface area contributed by atoms with Gasteiger partial charge in [0, 0.05) is 34.1 Å². The van der Waals surface area contributed by atoms with E-state index >= 15 is 0 Å². The fraction of sp³-hybridized carbons (Fsp3) is 0.250. The average molecular weight is 218 g/mol. The van der Waals surface area contributed by atoms with Gasteiger partial charge in [-0.15, -0.1) is 11.3 Å². The Bertz CT molecular complexity index is 422. The first kappa shape index (κ1) is 10.3. The van der Waals surface area contributed by atoms with Gasteiger partial charge in [0.2, 0.25) is 0 Å². The second-order valence-corrected chi connectivity index (χ2v) is 4.90. The molecule has 0 saturated carbocycles. The Kier molecular flexibility index (Phi) is 3.14. The third-order valence-corrected chi connectivity index (χ3v) is 3.41. The molecule has 0 fully saturated rings. The lowest BCUT2D eigenvalue weighted by atomic mass is 10.1. The van der Waals surface area contributed by atoms with Crippen LogP contribution < -0.4 is 5.73 Å². The third-order valence-electron chi connectivity index (χ3n) is 2.28. The maximum Gasteiger partial charge on any atom is 0.0445 e. The van der Waals surface area contributed by atoms with E-state index in [1.54, 1.807) is 11.3 Å². The van der Waals surface area contributed by atoms with Crippen LogP contribution in [0.5, 0.6) is 0 Å². The van der Waals surface area contributed by atoms with Crippen molar-refractivity contribution in [3.63, 3.8) is 0 Å². The molecule has 1 unspecified atom stereocenters. The molecule has 1 atom stereocenters. The van der Waals surface area contributed by atoms with Gasteiger partial charge in [0.05, 0.1) is 0 Å². The molecule has 0 amide bonds. The Balaban J connectivity index is 2.07. The molecule has 3 heteroatoms. The van der Waals surface area contributed by atoms with Gasteiger partial charge in [-0.3, -0.25) is 4.98 Å². The molecular weight excluding hydrogens is 204 g/mol. The number of pyridine rings is 1. The van der Waals surface area contributed by atoms with Crippen LogP contribution in [0.15, 0.2) is 36.5 Å². The lowest BCUT2D eigenvalue weighted by molar-refractivity contribution is 0.720. The van der Waals surface area contributed by atoms with Crippen LogP contribution in [0, 0.1) is 6.92 Å². The molecule has 2 aromatic rings. The zero-order chi connectivity index (χ0) is 10.7. The lowest BCUT2D eigenvalue weighted by Gasteiger charge is -2.08. The molecule has 0 aliphatic rings. The predicted octanol–water partition coefficient (Wildman–Crippen LogP) is 2.69. The maximum atomic E-state index is 6.11. The second-order valence-electron chi connectivity index (χ2n) is 3.58. The highest BCUT2D eigenvalue weighted by molar-refractivity contribution is 7.12. The first-order valence-electron chi connectivity index (χ1n) is 4.97. The number of aryl methyl sites for hydroxylation is 1. The van der Waals surface area contributed by atoms with E-state index in [9.17, 15) is 0 Å². The van der Waals surface area contributed by atoms with E-state index in [2.05, 4.69) is 24.0 Å². The highest BCUT2D eigenvalue weighted by Gasteiger charge is 2.09. The van der Waals surface area contributed by atoms with E-state index in [1.807, 2.05) is 24.4 Å². The van der Waals surface area contributed by atoms with Crippen molar-refractivity contribution in [1.29, 1.82) is 0 Å². The van der Waals surface area contributed by atoms with Crippen LogP contribution in [0.25, 0.3) is 0 Å². The molecule has 2 rings (SSSR count). The van der Waals surface area contributed by atoms with E-state index in [0.717, 1.165) is 12.1 Å². The van der Waals surface area contributed by atoms with Crippen molar-refractivity contribution in [3.8, 4) is 0 Å². The van der Waals surface area contributed by atoms with Crippen molar-refractivity contribution in [2.24, 2.45) is 5.73 Å². The van der Waals surface area contributed by atoms with Gasteiger partial charge < -0.3 is 5.73 Å². The van der Waals surface area contributed by atoms with Crippen molar-refractivity contribution in [3.05, 3.63) is 52.0 Å². The lowest BCUT2D eigenvalue weighted by Crippen LogP contribution is -2.12. The SMILES string of the molecule is Cc1ccc(C(N)Cc2ccccn2)s1. The largest absolute Gasteiger partial charge is 0.323 e. The zero-order valence-corrected chi connectivity index (χ0v) is 9.50. The molecule has 0 aliphatic heterocycles. The Morgan fingerprint density at radius 1 is 1.33 bits per heavy atom. The van der Waals surface area contributed by atoms with Gasteiger partial charge in [0.15, 0.2) is 0 Å². The van der Waals surface area contributed by atoms with Crippen molar-refractivity contribution in [1.82, 2.24) is 4.98 Å². The molecule has 0 spiro atoms. The van der Waals surface area contributed by atoms with Crippen LogP contribution in [0.4, 0.5) is 0 Å². The van der Waals surface area contributed by atoms with Gasteiger partial charge in [-0.2, -0.15) is 0 Å². The average Bonchev–Trinajstić information content (AvgIpc) is 2.66. The fourth-order valence-electron chi connectivity index (χ4n) is 1.50. The summed E-state index contributed by atoms with van der Waals surface area (Å²) in [5, 5.41) is 0. The molecule has 2 N–H and O–H groups in total. The quantitative estimate of drug-likeness (QED) is 0.860. The van der Waals surface area contributed by atoms with Crippen LogP contribution in [0.2, 0.25) is 0 Å². The number of aromatic nitrogens is 1. The molecular formula is C12H14N2S. The third kappa shape index (κ3) is 2.64. The van der Waals surface area contributed by atoms with Gasteiger partial charge in [0.25, 0.3) is 0 Å². The zero-order valence-electron chi connectivity index (χ0n) is 8.68. The van der Waals surface area contributed by atoms with E-state index in [0.29, 0.717) is 0 Å². The van der Waals surface area contributed by atoms with Gasteiger partial charge in [-0.05, 0) is 31.2 Å². The highest BCUT2D eigenvalue weighted by atomic mass is 32.1. The van der Waals surface area contributed by atoms with Crippen molar-refractivity contribution in [2.75, 3.05) is 0 Å². The summed E-state index contributed by atoms with van der Waals surface area (Å²) in [5.41, 5.74) is 7.16. The van der Waals surface area contributed by atoms with E-state index in [1.165, 1.54) is 9.75 Å². The Hall–Kier alpha value is -1.19. The van der Waals surface area contributed by atoms with Gasteiger partial charge in [-0.25, -0.2) is 0 Å². The van der Waals surface area contributed by atoms with Gasteiger partial charge in [0.1, 0.15) is 0 Å². The summed E-state index contributed by atoms with van der Waals surface area (Å²) >= 11 is 1.76. The molecule has 2 heterocycles. The summed E-state index contributed by atoms with van der Waals surface area (Å²) in [5.74, 6) is 0. The fourth-order valence-corrected chi connectivity index (χ4v) is 2.38. The van der Waals surface area contributed by atoms with Gasteiger partial charge in [-0.1, -0.05) is 6.07 Å². The minimum absolute atomic E-state index is 0.0681. The second kappa shape index (κ2) is 4.55. The molecule has 0 aromatic carbocycles. The van der Waals surface area contributed by atoms with Gasteiger partial charge >= 0.3 is 0 Å². The molecule has 0 radical (unpaired) electrons. The number of hydrogen-bond donors (Lipinski definition) is 1. The monoisotopic (exact) mass is 218 g/mol. The van der Waals surface area contributed by atoms with E-state index in [4.69, 9.17) is 5.73 Å². The summed E-state index contributed by atoms with van der Waals surface area (Å²) in [4.78, 5) is 6.82. The number of nitrogens with zero attached hydrogens (tertiary/aromatic N) is 1. The number of rotatable bonds is 3. The Morgan fingerprint density at radius 3 is 2.80 bits per heavy atom. The molecule has 0 saturated heterocycles. The Morgan fingerprint density at radius 2 is 2.20 bits per heavy atom. The van der Waals surface area contributed by atoms with Crippen molar-refractivity contribution >= 4 is 11.3 Å². The van der Waals surface area contributed by atoms with Crippen molar-refractivity contribution in [2.45, 2.75) is 19.4 Å². The molecule has 78 valence electrons. The van der Waals surface area contributed by atoms with Crippen LogP contribution >= 0.6 is 11.3 Å². The highest BCUT2D eigenvalue weighted by Crippen LogP contribution is 2.23. The van der Waals surface area contributed by atoms with Crippen LogP contribution in [-0.4, -0.2) is 4.98 Å². The normalized spacial score (nSPS) is 12.7. The maximum absolute atomic E-state index is 6.11. The van der Waals surface area contributed by atoms with Crippen molar-refractivity contribution < 1.29 is 0 Å². The first-order valence-corrected chi connectivity index (χ1v) is 5.79. The van der Waals surface area contributed by atoms with Crippen LogP contribution in [0.3, 0.4) is 0 Å². The topological polar surface area (TPSA) is 38.9 Å². The van der Waals surface area contributed by atoms with Crippen LogP contribution in [0.1, 0.15) is 21.5 Å². The first-order chi connectivity index (χ1) is 7.25. The standard InChI is InChI=1S/C12H14N2S/c1-9-5-6-12(15-9)11(13)8-10-4-2-3-7-14-10/h2-7,11H,8,13H2,1H3. The molecule has 2 nitrogen and oxygen atoms in total. The minimum atomic E-state index is 0.0681. The Labute approximate surface area is 93.8 Å². The smallest absolute Gasteiger partial charge is 0.0445 e. The summed E-state index contributed by atoms with van der Waals surface area (Å²) in [6, 6.07) is 10.2. The predicted molar refractivity (Wildman–Crippen MR) is 63.9 cm³/mol. The minimum Gasteiger partial charge on any atom is -0.323 e. The molecule has 0 bridgehead atoms. The molecule has 0 aliphatic carbocycles. The molecule has 2 aromatic heterocycles. The van der Waals surface area contributed by atoms with E-state index in [-0.39, 0.29) is 6.04 Å². The number of hydrogen-bond acceptors (Lipinski definition) is 3. The summed E-state index contributed by atoms with van der Waals surface area (Å²) in [7, 11) is 0. The van der Waals surface area contributed by atoms with E-state index < -0.39 is 0 Å².